The summed E-state index contributed by atoms with van der Waals surface area (Å²) in [5.41, 5.74) is 1.19. The van der Waals surface area contributed by atoms with Gasteiger partial charge in [0.15, 0.2) is 0 Å². The van der Waals surface area contributed by atoms with E-state index in [0.717, 1.165) is 0 Å². The molecule has 0 saturated carbocycles. The lowest BCUT2D eigenvalue weighted by Crippen LogP contribution is -1.92. The van der Waals surface area contributed by atoms with E-state index in [1.54, 1.807) is 24.3 Å². The minimum Gasteiger partial charge on any atom is -0.206 e. The molecule has 96 valence electrons. The van der Waals surface area contributed by atoms with E-state index in [9.17, 15) is 8.78 Å². The molecule has 0 N–H and O–H groups in total. The first-order chi connectivity index (χ1) is 9.56. The van der Waals surface area contributed by atoms with E-state index in [2.05, 4.69) is 6.58 Å². The summed E-state index contributed by atoms with van der Waals surface area (Å²) < 4.78 is 27.1. The summed E-state index contributed by atoms with van der Waals surface area (Å²) in [6, 6.07) is 11.6. The molecule has 0 aliphatic rings. The lowest BCUT2D eigenvalue weighted by Gasteiger charge is -2.07. The lowest BCUT2D eigenvalue weighted by molar-refractivity contribution is 0.623. The molecule has 0 bridgehead atoms. The second-order valence-electron chi connectivity index (χ2n) is 4.09. The van der Waals surface area contributed by atoms with Crippen molar-refractivity contribution in [2.75, 3.05) is 0 Å². The van der Waals surface area contributed by atoms with Crippen LogP contribution in [0.3, 0.4) is 0 Å². The van der Waals surface area contributed by atoms with Crippen molar-refractivity contribution < 1.29 is 8.78 Å². The Morgan fingerprint density at radius 2 is 1.25 bits per heavy atom. The topological polar surface area (TPSA) is 47.6 Å². The third kappa shape index (κ3) is 2.41. The van der Waals surface area contributed by atoms with Crippen molar-refractivity contribution in [3.05, 3.63) is 76.9 Å². The van der Waals surface area contributed by atoms with Crippen molar-refractivity contribution in [2.24, 2.45) is 0 Å². The Morgan fingerprint density at radius 3 is 1.55 bits per heavy atom. The third-order valence-corrected chi connectivity index (χ3v) is 2.88. The summed E-state index contributed by atoms with van der Waals surface area (Å²) in [6.45, 7) is 3.79. The Hall–Kier alpha value is -2.98. The average Bonchev–Trinajstić information content (AvgIpc) is 2.46. The van der Waals surface area contributed by atoms with Crippen LogP contribution < -0.4 is 0 Å². The Labute approximate surface area is 114 Å². The van der Waals surface area contributed by atoms with E-state index in [1.165, 1.54) is 24.3 Å². The van der Waals surface area contributed by atoms with Crippen LogP contribution in [-0.2, 0) is 0 Å². The van der Waals surface area contributed by atoms with Crippen molar-refractivity contribution in [2.45, 2.75) is 0 Å². The van der Waals surface area contributed by atoms with Crippen LogP contribution in [0.25, 0.3) is 5.57 Å². The normalized spacial score (nSPS) is 9.60. The van der Waals surface area contributed by atoms with Crippen LogP contribution in [0.15, 0.2) is 43.0 Å². The van der Waals surface area contributed by atoms with Crippen molar-refractivity contribution in [3.8, 4) is 12.1 Å². The summed E-state index contributed by atoms with van der Waals surface area (Å²) in [5.74, 6) is -1.31. The molecular formula is C16H8F2N2. The molecule has 2 aromatic carbocycles. The van der Waals surface area contributed by atoms with Crippen molar-refractivity contribution >= 4 is 5.57 Å². The predicted molar refractivity (Wildman–Crippen MR) is 70.4 cm³/mol. The molecule has 0 atom stereocenters. The third-order valence-electron chi connectivity index (χ3n) is 2.88. The van der Waals surface area contributed by atoms with Crippen LogP contribution in [0.5, 0.6) is 0 Å². The fraction of sp³-hybridized carbons (Fsp3) is 0. The molecule has 0 aliphatic carbocycles. The maximum absolute atomic E-state index is 13.5. The zero-order valence-corrected chi connectivity index (χ0v) is 10.3. The molecule has 0 unspecified atom stereocenters. The molecule has 0 heterocycles. The van der Waals surface area contributed by atoms with E-state index in [0.29, 0.717) is 16.7 Å². The monoisotopic (exact) mass is 266 g/mol. The first-order valence-corrected chi connectivity index (χ1v) is 5.65. The minimum absolute atomic E-state index is 0.0624. The van der Waals surface area contributed by atoms with Crippen molar-refractivity contribution in [1.82, 2.24) is 0 Å². The van der Waals surface area contributed by atoms with E-state index in [-0.39, 0.29) is 11.1 Å². The highest BCUT2D eigenvalue weighted by molar-refractivity contribution is 5.78. The van der Waals surface area contributed by atoms with Crippen LogP contribution in [-0.4, -0.2) is 0 Å². The number of benzene rings is 2. The zero-order valence-electron chi connectivity index (χ0n) is 10.3. The lowest BCUT2D eigenvalue weighted by atomic mass is 9.97. The van der Waals surface area contributed by atoms with Crippen LogP contribution in [0.4, 0.5) is 8.78 Å². The van der Waals surface area contributed by atoms with E-state index >= 15 is 0 Å². The maximum Gasteiger partial charge on any atom is 0.141 e. The molecule has 0 saturated heterocycles. The van der Waals surface area contributed by atoms with Crippen LogP contribution in [0.1, 0.15) is 22.3 Å². The quantitative estimate of drug-likeness (QED) is 0.830. The average molecular weight is 266 g/mol. The van der Waals surface area contributed by atoms with Gasteiger partial charge in [-0.2, -0.15) is 10.5 Å². The molecule has 0 fully saturated rings. The minimum atomic E-state index is -0.653. The Balaban J connectivity index is 2.42. The number of hydrogen-bond acceptors (Lipinski definition) is 2. The van der Waals surface area contributed by atoms with Gasteiger partial charge in [0.05, 0.1) is 11.1 Å². The highest BCUT2D eigenvalue weighted by atomic mass is 19.1. The zero-order chi connectivity index (χ0) is 14.7. The highest BCUT2D eigenvalue weighted by Crippen LogP contribution is 2.24. The molecule has 0 spiro atoms. The van der Waals surface area contributed by atoms with Crippen LogP contribution in [0.2, 0.25) is 0 Å². The molecular weight excluding hydrogens is 258 g/mol. The molecule has 2 nitrogen and oxygen atoms in total. The molecule has 2 rings (SSSR count). The SMILES string of the molecule is C=C(c1ccc(C#N)c(F)c1)c1ccc(C#N)c(F)c1. The van der Waals surface area contributed by atoms with Gasteiger partial charge in [-0.3, -0.25) is 0 Å². The van der Waals surface area contributed by atoms with Gasteiger partial charge in [0.2, 0.25) is 0 Å². The van der Waals surface area contributed by atoms with Gasteiger partial charge < -0.3 is 0 Å². The number of halogens is 2. The summed E-state index contributed by atoms with van der Waals surface area (Å²) in [7, 11) is 0. The number of rotatable bonds is 2. The predicted octanol–water partition coefficient (Wildman–Crippen LogP) is 3.77. The molecule has 0 aliphatic heterocycles. The molecule has 0 amide bonds. The van der Waals surface area contributed by atoms with Gasteiger partial charge in [0, 0.05) is 0 Å². The Bertz CT molecular complexity index is 715. The Morgan fingerprint density at radius 1 is 0.850 bits per heavy atom. The molecule has 20 heavy (non-hydrogen) atoms. The van der Waals surface area contributed by atoms with E-state index in [1.807, 2.05) is 0 Å². The second kappa shape index (κ2) is 5.34. The molecule has 2 aromatic rings. The van der Waals surface area contributed by atoms with Crippen molar-refractivity contribution in [3.63, 3.8) is 0 Å². The van der Waals surface area contributed by atoms with E-state index < -0.39 is 11.6 Å². The fourth-order valence-corrected chi connectivity index (χ4v) is 1.75. The Kier molecular flexibility index (Phi) is 3.59. The summed E-state index contributed by atoms with van der Waals surface area (Å²) >= 11 is 0. The summed E-state index contributed by atoms with van der Waals surface area (Å²) in [6.07, 6.45) is 0. The van der Waals surface area contributed by atoms with Gasteiger partial charge >= 0.3 is 0 Å². The van der Waals surface area contributed by atoms with Gasteiger partial charge in [-0.25, -0.2) is 8.78 Å². The number of hydrogen-bond donors (Lipinski definition) is 0. The summed E-state index contributed by atoms with van der Waals surface area (Å²) in [4.78, 5) is 0. The van der Waals surface area contributed by atoms with Crippen molar-refractivity contribution in [1.29, 1.82) is 10.5 Å². The molecule has 4 heteroatoms. The second-order valence-corrected chi connectivity index (χ2v) is 4.09. The molecule has 0 aromatic heterocycles. The smallest absolute Gasteiger partial charge is 0.141 e. The maximum atomic E-state index is 13.5. The van der Waals surface area contributed by atoms with Gasteiger partial charge in [-0.05, 0) is 41.0 Å². The summed E-state index contributed by atoms with van der Waals surface area (Å²) in [5, 5.41) is 17.3. The molecule has 0 radical (unpaired) electrons. The van der Waals surface area contributed by atoms with E-state index in [4.69, 9.17) is 10.5 Å². The van der Waals surface area contributed by atoms with Gasteiger partial charge in [0.1, 0.15) is 23.8 Å². The first kappa shape index (κ1) is 13.5. The number of nitriles is 2. The largest absolute Gasteiger partial charge is 0.206 e. The van der Waals surface area contributed by atoms with Gasteiger partial charge in [-0.1, -0.05) is 18.7 Å². The van der Waals surface area contributed by atoms with Crippen LogP contribution >= 0.6 is 0 Å². The first-order valence-electron chi connectivity index (χ1n) is 5.65. The standard InChI is InChI=1S/C16H8F2N2/c1-10(11-2-4-13(8-19)15(17)6-11)12-3-5-14(9-20)16(18)7-12/h2-7H,1H2. The fourth-order valence-electron chi connectivity index (χ4n) is 1.75. The number of nitrogens with zero attached hydrogens (tertiary/aromatic N) is 2. The van der Waals surface area contributed by atoms with Gasteiger partial charge in [-0.15, -0.1) is 0 Å². The highest BCUT2D eigenvalue weighted by Gasteiger charge is 2.09. The van der Waals surface area contributed by atoms with Gasteiger partial charge in [0.25, 0.3) is 0 Å². The van der Waals surface area contributed by atoms with Crippen LogP contribution in [0, 0.1) is 34.3 Å².